The summed E-state index contributed by atoms with van der Waals surface area (Å²) < 4.78 is 60.9. The Bertz CT molecular complexity index is 307. The standard InChI is InChI=1S/C13H21F5O2S/c1-2-3-7-10(11(19)20)21-9-6-4-5-8-12(14,15)13(16,17)18/h10H,2-9H2,1H3,(H,19,20). The number of alkyl halides is 5. The zero-order valence-electron chi connectivity index (χ0n) is 11.9. The topological polar surface area (TPSA) is 37.3 Å². The number of rotatable bonds is 11. The molecule has 0 saturated carbocycles. The molecule has 0 heterocycles. The van der Waals surface area contributed by atoms with Crippen LogP contribution >= 0.6 is 11.8 Å². The second-order valence-corrected chi connectivity index (χ2v) is 6.16. The Kier molecular flexibility index (Phi) is 9.24. The predicted octanol–water partition coefficient (Wildman–Crippen LogP) is 5.12. The van der Waals surface area contributed by atoms with Crippen LogP contribution in [0.25, 0.3) is 0 Å². The maximum absolute atomic E-state index is 12.6. The molecule has 1 N–H and O–H groups in total. The van der Waals surface area contributed by atoms with Gasteiger partial charge in [0.1, 0.15) is 5.25 Å². The Labute approximate surface area is 125 Å². The summed E-state index contributed by atoms with van der Waals surface area (Å²) in [6.07, 6.45) is -4.02. The number of unbranched alkanes of at least 4 members (excludes halogenated alkanes) is 3. The molecule has 0 amide bonds. The van der Waals surface area contributed by atoms with Crippen molar-refractivity contribution in [3.8, 4) is 0 Å². The average molecular weight is 336 g/mol. The molecule has 21 heavy (non-hydrogen) atoms. The number of carboxylic acids is 1. The van der Waals surface area contributed by atoms with Gasteiger partial charge in [0.05, 0.1) is 0 Å². The summed E-state index contributed by atoms with van der Waals surface area (Å²) in [7, 11) is 0. The van der Waals surface area contributed by atoms with Gasteiger partial charge in [-0.1, -0.05) is 26.2 Å². The molecule has 0 bridgehead atoms. The minimum atomic E-state index is -5.49. The van der Waals surface area contributed by atoms with Crippen molar-refractivity contribution >= 4 is 17.7 Å². The Hall–Kier alpha value is -0.530. The molecule has 1 unspecified atom stereocenters. The summed E-state index contributed by atoms with van der Waals surface area (Å²) in [5, 5.41) is 8.43. The highest BCUT2D eigenvalue weighted by Crippen LogP contribution is 2.39. The van der Waals surface area contributed by atoms with Crippen LogP contribution in [0.5, 0.6) is 0 Å². The summed E-state index contributed by atoms with van der Waals surface area (Å²) in [4.78, 5) is 10.9. The molecule has 0 spiro atoms. The minimum absolute atomic E-state index is 0.222. The van der Waals surface area contributed by atoms with Crippen LogP contribution in [-0.4, -0.2) is 34.2 Å². The zero-order valence-corrected chi connectivity index (χ0v) is 12.7. The lowest BCUT2D eigenvalue weighted by molar-refractivity contribution is -0.284. The van der Waals surface area contributed by atoms with Gasteiger partial charge >= 0.3 is 18.1 Å². The lowest BCUT2D eigenvalue weighted by Gasteiger charge is -2.19. The van der Waals surface area contributed by atoms with Crippen LogP contribution in [0.15, 0.2) is 0 Å². The van der Waals surface area contributed by atoms with Crippen molar-refractivity contribution in [1.82, 2.24) is 0 Å². The highest BCUT2D eigenvalue weighted by Gasteiger charge is 2.56. The fourth-order valence-corrected chi connectivity index (χ4v) is 2.79. The van der Waals surface area contributed by atoms with Crippen molar-refractivity contribution in [2.45, 2.75) is 69.2 Å². The quantitative estimate of drug-likeness (QED) is 0.420. The molecule has 0 saturated heterocycles. The Morgan fingerprint density at radius 3 is 2.19 bits per heavy atom. The van der Waals surface area contributed by atoms with E-state index in [-0.39, 0.29) is 12.8 Å². The fraction of sp³-hybridized carbons (Fsp3) is 0.923. The maximum atomic E-state index is 12.6. The lowest BCUT2D eigenvalue weighted by Crippen LogP contribution is -2.36. The van der Waals surface area contributed by atoms with E-state index in [1.807, 2.05) is 6.92 Å². The first kappa shape index (κ1) is 20.5. The van der Waals surface area contributed by atoms with Crippen molar-refractivity contribution in [2.24, 2.45) is 0 Å². The fourth-order valence-electron chi connectivity index (χ4n) is 1.66. The molecular formula is C13H21F5O2S. The van der Waals surface area contributed by atoms with Crippen LogP contribution in [0.1, 0.15) is 51.9 Å². The molecule has 0 aliphatic rings. The molecule has 126 valence electrons. The summed E-state index contributed by atoms with van der Waals surface area (Å²) >= 11 is 1.22. The average Bonchev–Trinajstić information content (AvgIpc) is 2.35. The molecule has 0 aromatic carbocycles. The van der Waals surface area contributed by atoms with E-state index in [0.29, 0.717) is 18.6 Å². The van der Waals surface area contributed by atoms with Gasteiger partial charge in [-0.15, -0.1) is 11.8 Å². The van der Waals surface area contributed by atoms with E-state index in [4.69, 9.17) is 5.11 Å². The van der Waals surface area contributed by atoms with Gasteiger partial charge in [-0.05, 0) is 25.0 Å². The van der Waals surface area contributed by atoms with Crippen molar-refractivity contribution in [2.75, 3.05) is 5.75 Å². The van der Waals surface area contributed by atoms with E-state index in [0.717, 1.165) is 12.8 Å². The summed E-state index contributed by atoms with van der Waals surface area (Å²) in [6, 6.07) is 0. The zero-order chi connectivity index (χ0) is 16.5. The van der Waals surface area contributed by atoms with Gasteiger partial charge in [-0.3, -0.25) is 4.79 Å². The van der Waals surface area contributed by atoms with Crippen molar-refractivity contribution in [3.05, 3.63) is 0 Å². The summed E-state index contributed by atoms with van der Waals surface area (Å²) in [5.74, 6) is -5.08. The lowest BCUT2D eigenvalue weighted by atomic mass is 10.1. The van der Waals surface area contributed by atoms with Crippen molar-refractivity contribution < 1.29 is 31.9 Å². The number of thioether (sulfide) groups is 1. The SMILES string of the molecule is CCCCC(SCCCCCC(F)(F)C(F)(F)F)C(=O)O. The van der Waals surface area contributed by atoms with Crippen LogP contribution in [0.2, 0.25) is 0 Å². The first-order valence-electron chi connectivity index (χ1n) is 6.90. The Morgan fingerprint density at radius 1 is 1.10 bits per heavy atom. The molecule has 0 fully saturated rings. The van der Waals surface area contributed by atoms with Crippen LogP contribution in [0.3, 0.4) is 0 Å². The van der Waals surface area contributed by atoms with E-state index >= 15 is 0 Å². The second kappa shape index (κ2) is 9.48. The second-order valence-electron chi connectivity index (χ2n) is 4.85. The highest BCUT2D eigenvalue weighted by molar-refractivity contribution is 8.00. The minimum Gasteiger partial charge on any atom is -0.480 e. The summed E-state index contributed by atoms with van der Waals surface area (Å²) in [6.45, 7) is 1.95. The number of hydrogen-bond acceptors (Lipinski definition) is 2. The monoisotopic (exact) mass is 336 g/mol. The third kappa shape index (κ3) is 8.48. The Balaban J connectivity index is 3.83. The third-order valence-electron chi connectivity index (χ3n) is 2.96. The van der Waals surface area contributed by atoms with Crippen molar-refractivity contribution in [3.63, 3.8) is 0 Å². The highest BCUT2D eigenvalue weighted by atomic mass is 32.2. The molecule has 1 atom stereocenters. The van der Waals surface area contributed by atoms with E-state index in [9.17, 15) is 26.7 Å². The first-order valence-corrected chi connectivity index (χ1v) is 7.95. The number of hydrogen-bond donors (Lipinski definition) is 1. The van der Waals surface area contributed by atoms with E-state index < -0.39 is 29.7 Å². The first-order chi connectivity index (χ1) is 9.62. The van der Waals surface area contributed by atoms with Crippen LogP contribution in [0.4, 0.5) is 22.0 Å². The van der Waals surface area contributed by atoms with Crippen molar-refractivity contribution in [1.29, 1.82) is 0 Å². The van der Waals surface area contributed by atoms with Crippen LogP contribution in [0, 0.1) is 0 Å². The molecule has 0 aliphatic heterocycles. The van der Waals surface area contributed by atoms with Crippen LogP contribution in [-0.2, 0) is 4.79 Å². The van der Waals surface area contributed by atoms with E-state index in [1.165, 1.54) is 11.8 Å². The normalized spacial score (nSPS) is 14.2. The molecule has 0 aliphatic carbocycles. The van der Waals surface area contributed by atoms with E-state index in [2.05, 4.69) is 0 Å². The van der Waals surface area contributed by atoms with Crippen LogP contribution < -0.4 is 0 Å². The molecule has 8 heteroatoms. The van der Waals surface area contributed by atoms with Gasteiger partial charge in [0, 0.05) is 6.42 Å². The van der Waals surface area contributed by atoms with Gasteiger partial charge in [0.25, 0.3) is 0 Å². The van der Waals surface area contributed by atoms with E-state index in [1.54, 1.807) is 0 Å². The predicted molar refractivity (Wildman–Crippen MR) is 72.9 cm³/mol. The number of aliphatic carboxylic acids is 1. The largest absolute Gasteiger partial charge is 0.480 e. The molecular weight excluding hydrogens is 315 g/mol. The maximum Gasteiger partial charge on any atom is 0.453 e. The van der Waals surface area contributed by atoms with Gasteiger partial charge in [-0.2, -0.15) is 22.0 Å². The molecule has 0 aromatic heterocycles. The number of halogens is 5. The van der Waals surface area contributed by atoms with Gasteiger partial charge in [0.2, 0.25) is 0 Å². The smallest absolute Gasteiger partial charge is 0.453 e. The third-order valence-corrected chi connectivity index (χ3v) is 4.33. The Morgan fingerprint density at radius 2 is 1.71 bits per heavy atom. The van der Waals surface area contributed by atoms with Gasteiger partial charge in [-0.25, -0.2) is 0 Å². The van der Waals surface area contributed by atoms with Gasteiger partial charge < -0.3 is 5.11 Å². The molecule has 2 nitrogen and oxygen atoms in total. The van der Waals surface area contributed by atoms with Gasteiger partial charge in [0.15, 0.2) is 0 Å². The number of carboxylic acid groups (broad SMARTS) is 1. The summed E-state index contributed by atoms with van der Waals surface area (Å²) in [5.41, 5.74) is 0. The molecule has 0 radical (unpaired) electrons. The molecule has 0 aromatic rings. The molecule has 0 rings (SSSR count). The number of carbonyl (C=O) groups is 1.